The Morgan fingerprint density at radius 2 is 1.95 bits per heavy atom. The average molecular weight is 304 g/mol. The van der Waals surface area contributed by atoms with E-state index in [1.807, 2.05) is 0 Å². The zero-order valence-electron chi connectivity index (χ0n) is 10.6. The monoisotopic (exact) mass is 303 g/mol. The molecule has 19 heavy (non-hydrogen) atoms. The van der Waals surface area contributed by atoms with E-state index < -0.39 is 11.6 Å². The van der Waals surface area contributed by atoms with Gasteiger partial charge in [-0.1, -0.05) is 23.2 Å². The number of amides is 1. The second-order valence-corrected chi connectivity index (χ2v) is 5.36. The lowest BCUT2D eigenvalue weighted by Crippen LogP contribution is -2.42. The van der Waals surface area contributed by atoms with E-state index in [9.17, 15) is 9.59 Å². The lowest BCUT2D eigenvalue weighted by atomic mass is 10.1. The molecule has 1 saturated heterocycles. The third-order valence-electron chi connectivity index (χ3n) is 3.34. The summed E-state index contributed by atoms with van der Waals surface area (Å²) in [6, 6.07) is -0.618. The van der Waals surface area contributed by atoms with Crippen LogP contribution in [-0.2, 0) is 4.79 Å². The van der Waals surface area contributed by atoms with Gasteiger partial charge in [-0.05, 0) is 26.2 Å². The molecule has 0 aromatic carbocycles. The molecule has 2 heterocycles. The summed E-state index contributed by atoms with van der Waals surface area (Å²) >= 11 is 11.4. The van der Waals surface area contributed by atoms with Gasteiger partial charge in [-0.25, -0.2) is 4.98 Å². The van der Waals surface area contributed by atoms with E-state index in [4.69, 9.17) is 23.2 Å². The molecule has 2 rings (SSSR count). The van der Waals surface area contributed by atoms with Crippen molar-refractivity contribution in [2.24, 2.45) is 0 Å². The Morgan fingerprint density at radius 1 is 1.32 bits per heavy atom. The molecule has 0 N–H and O–H groups in total. The van der Waals surface area contributed by atoms with Crippen molar-refractivity contribution in [1.29, 1.82) is 0 Å². The van der Waals surface area contributed by atoms with Gasteiger partial charge < -0.3 is 4.90 Å². The average Bonchev–Trinajstić information content (AvgIpc) is 2.44. The Bertz CT molecular complexity index is 538. The molecule has 0 saturated carbocycles. The van der Waals surface area contributed by atoms with Gasteiger partial charge in [0.15, 0.2) is 5.15 Å². The topological polar surface area (TPSA) is 55.2 Å². The Labute approximate surface area is 121 Å². The first kappa shape index (κ1) is 14.3. The second-order valence-electron chi connectivity index (χ2n) is 4.62. The number of rotatable bonds is 2. The summed E-state index contributed by atoms with van der Waals surface area (Å²) in [7, 11) is 0. The molecule has 0 spiro atoms. The number of nitrogens with zero attached hydrogens (tertiary/aromatic N) is 3. The SMILES string of the molecule is CC(C(=O)N1CCCCC1)n1cnc(Cl)c(Cl)c1=O. The second kappa shape index (κ2) is 5.92. The number of hydrogen-bond donors (Lipinski definition) is 0. The Balaban J connectivity index is 2.24. The van der Waals surface area contributed by atoms with Gasteiger partial charge in [0.2, 0.25) is 5.91 Å². The van der Waals surface area contributed by atoms with Gasteiger partial charge in [-0.3, -0.25) is 14.2 Å². The maximum atomic E-state index is 12.3. The molecule has 1 aliphatic rings. The minimum atomic E-state index is -0.618. The molecule has 1 unspecified atom stereocenters. The molecule has 0 aliphatic carbocycles. The fraction of sp³-hybridized carbons (Fsp3) is 0.583. The third-order valence-corrected chi connectivity index (χ3v) is 4.07. The van der Waals surface area contributed by atoms with E-state index in [2.05, 4.69) is 4.98 Å². The normalized spacial score (nSPS) is 17.3. The summed E-state index contributed by atoms with van der Waals surface area (Å²) in [6.07, 6.45) is 4.43. The van der Waals surface area contributed by atoms with E-state index in [1.165, 1.54) is 10.9 Å². The highest BCUT2D eigenvalue weighted by Crippen LogP contribution is 2.17. The van der Waals surface area contributed by atoms with Crippen molar-refractivity contribution in [3.8, 4) is 0 Å². The quantitative estimate of drug-likeness (QED) is 0.786. The highest BCUT2D eigenvalue weighted by atomic mass is 35.5. The van der Waals surface area contributed by atoms with E-state index in [1.54, 1.807) is 11.8 Å². The lowest BCUT2D eigenvalue weighted by molar-refractivity contribution is -0.135. The zero-order chi connectivity index (χ0) is 14.0. The first-order valence-corrected chi connectivity index (χ1v) is 6.99. The molecule has 1 atom stereocenters. The fourth-order valence-electron chi connectivity index (χ4n) is 2.20. The predicted molar refractivity (Wildman–Crippen MR) is 73.7 cm³/mol. The van der Waals surface area contributed by atoms with Crippen molar-refractivity contribution in [2.75, 3.05) is 13.1 Å². The summed E-state index contributed by atoms with van der Waals surface area (Å²) in [4.78, 5) is 29.9. The van der Waals surface area contributed by atoms with Crippen molar-refractivity contribution in [3.63, 3.8) is 0 Å². The van der Waals surface area contributed by atoms with Crippen LogP contribution in [0.15, 0.2) is 11.1 Å². The molecule has 7 heteroatoms. The zero-order valence-corrected chi connectivity index (χ0v) is 12.1. The third kappa shape index (κ3) is 2.92. The van der Waals surface area contributed by atoms with E-state index in [0.29, 0.717) is 0 Å². The van der Waals surface area contributed by atoms with Crippen LogP contribution < -0.4 is 5.56 Å². The Hall–Kier alpha value is -1.07. The standard InChI is InChI=1S/C12H15Cl2N3O2/c1-8(11(18)16-5-3-2-4-6-16)17-7-15-10(14)9(13)12(17)19/h7-8H,2-6H2,1H3. The highest BCUT2D eigenvalue weighted by Gasteiger charge is 2.25. The minimum Gasteiger partial charge on any atom is -0.341 e. The van der Waals surface area contributed by atoms with Gasteiger partial charge in [-0.2, -0.15) is 0 Å². The molecular formula is C12H15Cl2N3O2. The molecule has 0 bridgehead atoms. The van der Waals surface area contributed by atoms with E-state index >= 15 is 0 Å². The van der Waals surface area contributed by atoms with Gasteiger partial charge in [0.1, 0.15) is 17.4 Å². The number of carbonyl (C=O) groups excluding carboxylic acids is 1. The summed E-state index contributed by atoms with van der Waals surface area (Å²) in [5.74, 6) is -0.0815. The van der Waals surface area contributed by atoms with Crippen molar-refractivity contribution >= 4 is 29.1 Å². The van der Waals surface area contributed by atoms with Gasteiger partial charge in [-0.15, -0.1) is 0 Å². The molecule has 1 aromatic heterocycles. The van der Waals surface area contributed by atoms with Crippen LogP contribution in [0.4, 0.5) is 0 Å². The first-order valence-electron chi connectivity index (χ1n) is 6.23. The molecule has 1 aromatic rings. The van der Waals surface area contributed by atoms with Crippen molar-refractivity contribution < 1.29 is 4.79 Å². The summed E-state index contributed by atoms with van der Waals surface area (Å²) in [6.45, 7) is 3.16. The van der Waals surface area contributed by atoms with Gasteiger partial charge in [0.25, 0.3) is 5.56 Å². The smallest absolute Gasteiger partial charge is 0.274 e. The minimum absolute atomic E-state index is 0.0412. The molecule has 1 fully saturated rings. The molecular weight excluding hydrogens is 289 g/mol. The van der Waals surface area contributed by atoms with Gasteiger partial charge >= 0.3 is 0 Å². The molecule has 0 radical (unpaired) electrons. The summed E-state index contributed by atoms with van der Waals surface area (Å²) < 4.78 is 1.23. The molecule has 1 amide bonds. The van der Waals surface area contributed by atoms with E-state index in [0.717, 1.165) is 32.4 Å². The Morgan fingerprint density at radius 3 is 2.58 bits per heavy atom. The lowest BCUT2D eigenvalue weighted by Gasteiger charge is -2.29. The van der Waals surface area contributed by atoms with Crippen LogP contribution in [0.3, 0.4) is 0 Å². The maximum Gasteiger partial charge on any atom is 0.274 e. The van der Waals surface area contributed by atoms with Crippen LogP contribution in [0.25, 0.3) is 0 Å². The molecule has 104 valence electrons. The van der Waals surface area contributed by atoms with Crippen molar-refractivity contribution in [1.82, 2.24) is 14.5 Å². The van der Waals surface area contributed by atoms with Crippen LogP contribution >= 0.6 is 23.2 Å². The van der Waals surface area contributed by atoms with Crippen LogP contribution in [-0.4, -0.2) is 33.4 Å². The predicted octanol–water partition coefficient (Wildman–Crippen LogP) is 2.12. The number of carbonyl (C=O) groups is 1. The number of piperidine rings is 1. The fourth-order valence-corrected chi connectivity index (χ4v) is 2.47. The Kier molecular flexibility index (Phi) is 4.47. The van der Waals surface area contributed by atoms with Crippen LogP contribution in [0.2, 0.25) is 10.2 Å². The van der Waals surface area contributed by atoms with Crippen LogP contribution in [0.1, 0.15) is 32.2 Å². The first-order chi connectivity index (χ1) is 9.02. The number of hydrogen-bond acceptors (Lipinski definition) is 3. The number of aromatic nitrogens is 2. The number of likely N-dealkylation sites (tertiary alicyclic amines) is 1. The highest BCUT2D eigenvalue weighted by molar-refractivity contribution is 6.40. The van der Waals surface area contributed by atoms with E-state index in [-0.39, 0.29) is 16.1 Å². The summed E-state index contributed by atoms with van der Waals surface area (Å²) in [5, 5.41) is -0.192. The largest absolute Gasteiger partial charge is 0.341 e. The summed E-state index contributed by atoms with van der Waals surface area (Å²) in [5.41, 5.74) is -0.487. The molecule has 1 aliphatic heterocycles. The van der Waals surface area contributed by atoms with Crippen LogP contribution in [0, 0.1) is 0 Å². The van der Waals surface area contributed by atoms with Gasteiger partial charge in [0, 0.05) is 13.1 Å². The number of halogens is 2. The van der Waals surface area contributed by atoms with Crippen molar-refractivity contribution in [2.45, 2.75) is 32.2 Å². The molecule has 5 nitrogen and oxygen atoms in total. The maximum absolute atomic E-state index is 12.3. The van der Waals surface area contributed by atoms with Gasteiger partial charge in [0.05, 0.1) is 0 Å². The van der Waals surface area contributed by atoms with Crippen molar-refractivity contribution in [3.05, 3.63) is 26.9 Å². The van der Waals surface area contributed by atoms with Crippen LogP contribution in [0.5, 0.6) is 0 Å².